The van der Waals surface area contributed by atoms with Crippen LogP contribution >= 0.6 is 0 Å². The Hall–Kier alpha value is -0.413. The molecule has 110 valence electrons. The fraction of sp³-hybridized carbons (Fsp3) is 0.812. The van der Waals surface area contributed by atoms with Crippen LogP contribution in [0.1, 0.15) is 47.5 Å². The molecule has 0 amide bonds. The summed E-state index contributed by atoms with van der Waals surface area (Å²) in [7, 11) is -1.81. The zero-order valence-electron chi connectivity index (χ0n) is 13.7. The van der Waals surface area contributed by atoms with Crippen LogP contribution in [0.15, 0.2) is 12.2 Å². The normalized spacial score (nSPS) is 29.4. The van der Waals surface area contributed by atoms with Crippen LogP contribution in [0.4, 0.5) is 0 Å². The van der Waals surface area contributed by atoms with E-state index in [4.69, 9.17) is 4.43 Å². The Bertz CT molecular complexity index is 365. The van der Waals surface area contributed by atoms with Crippen molar-refractivity contribution < 1.29 is 9.22 Å². The lowest BCUT2D eigenvalue weighted by Gasteiger charge is -2.43. The van der Waals surface area contributed by atoms with E-state index >= 15 is 0 Å². The summed E-state index contributed by atoms with van der Waals surface area (Å²) >= 11 is 0. The van der Waals surface area contributed by atoms with Crippen molar-refractivity contribution in [3.05, 3.63) is 12.2 Å². The van der Waals surface area contributed by atoms with Crippen molar-refractivity contribution in [3.63, 3.8) is 0 Å². The van der Waals surface area contributed by atoms with Gasteiger partial charge in [-0.25, -0.2) is 0 Å². The molecule has 1 aliphatic carbocycles. The molecule has 0 bridgehead atoms. The van der Waals surface area contributed by atoms with Gasteiger partial charge >= 0.3 is 0 Å². The smallest absolute Gasteiger partial charge is 0.192 e. The topological polar surface area (TPSA) is 26.3 Å². The van der Waals surface area contributed by atoms with Gasteiger partial charge < -0.3 is 4.43 Å². The largest absolute Gasteiger partial charge is 0.413 e. The number of ketones is 1. The maximum Gasteiger partial charge on any atom is 0.192 e. The van der Waals surface area contributed by atoms with Crippen LogP contribution in [0.5, 0.6) is 0 Å². The van der Waals surface area contributed by atoms with Crippen LogP contribution < -0.4 is 0 Å². The van der Waals surface area contributed by atoms with Crippen molar-refractivity contribution >= 4 is 14.1 Å². The van der Waals surface area contributed by atoms with Crippen molar-refractivity contribution in [2.75, 3.05) is 0 Å². The SMILES string of the molecule is C=C(C)[C@@H]1CC(=O)[C@@H](C)[C@@H](O[Si](C)(C)C(C)(C)C)C1. The number of carbonyl (C=O) groups excluding carboxylic acids is 1. The first-order chi connectivity index (χ1) is 8.45. The third-order valence-corrected chi connectivity index (χ3v) is 9.48. The molecule has 0 aromatic rings. The van der Waals surface area contributed by atoms with Crippen molar-refractivity contribution in [3.8, 4) is 0 Å². The van der Waals surface area contributed by atoms with E-state index in [1.54, 1.807) is 0 Å². The summed E-state index contributed by atoms with van der Waals surface area (Å²) in [6.07, 6.45) is 1.67. The quantitative estimate of drug-likeness (QED) is 0.560. The van der Waals surface area contributed by atoms with Gasteiger partial charge in [0.2, 0.25) is 0 Å². The first-order valence-electron chi connectivity index (χ1n) is 7.31. The molecule has 0 radical (unpaired) electrons. The summed E-state index contributed by atoms with van der Waals surface area (Å²) in [6.45, 7) is 19.3. The van der Waals surface area contributed by atoms with E-state index < -0.39 is 8.32 Å². The van der Waals surface area contributed by atoms with Crippen LogP contribution in [0.3, 0.4) is 0 Å². The molecule has 0 aliphatic heterocycles. The minimum Gasteiger partial charge on any atom is -0.413 e. The van der Waals surface area contributed by atoms with E-state index in [0.717, 1.165) is 12.0 Å². The molecule has 2 nitrogen and oxygen atoms in total. The number of hydrogen-bond acceptors (Lipinski definition) is 2. The lowest BCUT2D eigenvalue weighted by Crippen LogP contribution is -2.48. The molecule has 0 N–H and O–H groups in total. The fourth-order valence-electron chi connectivity index (χ4n) is 2.28. The minimum atomic E-state index is -1.81. The predicted molar refractivity (Wildman–Crippen MR) is 83.8 cm³/mol. The highest BCUT2D eigenvalue weighted by Gasteiger charge is 2.43. The van der Waals surface area contributed by atoms with Gasteiger partial charge in [-0.15, -0.1) is 0 Å². The first-order valence-corrected chi connectivity index (χ1v) is 10.2. The molecular formula is C16H30O2Si. The molecule has 0 unspecified atom stereocenters. The molecule has 0 spiro atoms. The third-order valence-electron chi connectivity index (χ3n) is 4.98. The Morgan fingerprint density at radius 1 is 1.37 bits per heavy atom. The highest BCUT2D eigenvalue weighted by atomic mass is 28.4. The zero-order valence-corrected chi connectivity index (χ0v) is 14.7. The molecule has 1 aliphatic rings. The fourth-order valence-corrected chi connectivity index (χ4v) is 3.70. The molecule has 1 fully saturated rings. The Labute approximate surface area is 119 Å². The van der Waals surface area contributed by atoms with Crippen molar-refractivity contribution in [1.29, 1.82) is 0 Å². The molecule has 0 saturated heterocycles. The number of carbonyl (C=O) groups is 1. The molecule has 1 saturated carbocycles. The van der Waals surface area contributed by atoms with E-state index in [1.165, 1.54) is 0 Å². The van der Waals surface area contributed by atoms with E-state index in [-0.39, 0.29) is 17.1 Å². The van der Waals surface area contributed by atoms with Gasteiger partial charge in [-0.05, 0) is 37.4 Å². The standard InChI is InChI=1S/C16H30O2Si/c1-11(2)13-9-14(17)12(3)15(10-13)18-19(7,8)16(4,5)6/h12-13,15H,1,9-10H2,2-8H3/t12-,13-,15+/m1/s1. The van der Waals surface area contributed by atoms with Crippen molar-refractivity contribution in [1.82, 2.24) is 0 Å². The Kier molecular flexibility index (Phi) is 4.84. The highest BCUT2D eigenvalue weighted by Crippen LogP contribution is 2.41. The van der Waals surface area contributed by atoms with Crippen molar-refractivity contribution in [2.24, 2.45) is 11.8 Å². The summed E-state index contributed by atoms with van der Waals surface area (Å²) in [6, 6.07) is 0. The molecule has 0 heterocycles. The number of hydrogen-bond donors (Lipinski definition) is 0. The van der Waals surface area contributed by atoms with Gasteiger partial charge in [0.25, 0.3) is 0 Å². The number of allylic oxidation sites excluding steroid dienone is 1. The van der Waals surface area contributed by atoms with E-state index in [1.807, 2.05) is 13.8 Å². The second-order valence-electron chi connectivity index (χ2n) is 7.65. The maximum absolute atomic E-state index is 12.1. The average Bonchev–Trinajstić information content (AvgIpc) is 2.22. The summed E-state index contributed by atoms with van der Waals surface area (Å²) < 4.78 is 6.48. The van der Waals surface area contributed by atoms with Crippen LogP contribution in [-0.2, 0) is 9.22 Å². The molecule has 0 aromatic heterocycles. The highest BCUT2D eigenvalue weighted by molar-refractivity contribution is 6.74. The molecule has 0 aromatic carbocycles. The average molecular weight is 282 g/mol. The second kappa shape index (κ2) is 5.53. The monoisotopic (exact) mass is 282 g/mol. The number of Topliss-reactive ketones (excluding diaryl/α,β-unsaturated/α-hetero) is 1. The summed E-state index contributed by atoms with van der Waals surface area (Å²) in [5, 5.41) is 0.186. The zero-order chi connectivity index (χ0) is 15.0. The summed E-state index contributed by atoms with van der Waals surface area (Å²) in [5.74, 6) is 0.672. The van der Waals surface area contributed by atoms with E-state index in [2.05, 4.69) is 40.4 Å². The Morgan fingerprint density at radius 3 is 2.32 bits per heavy atom. The van der Waals surface area contributed by atoms with Gasteiger partial charge in [-0.3, -0.25) is 4.79 Å². The Morgan fingerprint density at radius 2 is 1.89 bits per heavy atom. The summed E-state index contributed by atoms with van der Waals surface area (Å²) in [5.41, 5.74) is 1.11. The van der Waals surface area contributed by atoms with Crippen molar-refractivity contribution in [2.45, 2.75) is 71.7 Å². The molecule has 1 rings (SSSR count). The van der Waals surface area contributed by atoms with E-state index in [9.17, 15) is 4.79 Å². The minimum absolute atomic E-state index is 0.0322. The van der Waals surface area contributed by atoms with Gasteiger partial charge in [-0.1, -0.05) is 39.8 Å². The van der Waals surface area contributed by atoms with Gasteiger partial charge in [0.05, 0.1) is 6.10 Å². The van der Waals surface area contributed by atoms with Crippen LogP contribution in [-0.4, -0.2) is 20.2 Å². The maximum atomic E-state index is 12.1. The lowest BCUT2D eigenvalue weighted by molar-refractivity contribution is -0.129. The number of rotatable bonds is 3. The third kappa shape index (κ3) is 3.79. The second-order valence-corrected chi connectivity index (χ2v) is 12.4. The van der Waals surface area contributed by atoms with Crippen LogP contribution in [0, 0.1) is 11.8 Å². The van der Waals surface area contributed by atoms with Crippen LogP contribution in [0.25, 0.3) is 0 Å². The Balaban J connectivity index is 2.86. The first kappa shape index (κ1) is 16.6. The summed E-state index contributed by atoms with van der Waals surface area (Å²) in [4.78, 5) is 12.1. The van der Waals surface area contributed by atoms with E-state index in [0.29, 0.717) is 18.1 Å². The molecule has 3 atom stereocenters. The van der Waals surface area contributed by atoms with Gasteiger partial charge in [0, 0.05) is 12.3 Å². The molecule has 3 heteroatoms. The van der Waals surface area contributed by atoms with Gasteiger partial charge in [0.15, 0.2) is 8.32 Å². The van der Waals surface area contributed by atoms with Gasteiger partial charge in [-0.2, -0.15) is 0 Å². The predicted octanol–water partition coefficient (Wildman–Crippen LogP) is 4.57. The van der Waals surface area contributed by atoms with Gasteiger partial charge in [0.1, 0.15) is 5.78 Å². The van der Waals surface area contributed by atoms with Crippen LogP contribution in [0.2, 0.25) is 18.1 Å². The molecular weight excluding hydrogens is 252 g/mol. The molecule has 19 heavy (non-hydrogen) atoms. The lowest BCUT2D eigenvalue weighted by atomic mass is 9.77.